The molecule has 3 amide bonds. The largest absolute Gasteiger partial charge is 0.423 e. The number of rotatable bonds is 7. The SMILES string of the molecule is Cc1ccc(NC(=O)c2ccccc2NC(=O)C(=O)N/N=C\c2ccc(OC(=O)c3cccc(Cl)c3)cc2)cc1. The third-order valence-corrected chi connectivity index (χ3v) is 5.70. The van der Waals surface area contributed by atoms with E-state index in [1.54, 1.807) is 66.7 Å². The number of halogens is 1. The third-order valence-electron chi connectivity index (χ3n) is 5.47. The zero-order valence-corrected chi connectivity index (χ0v) is 21.9. The molecule has 0 saturated carbocycles. The Morgan fingerprint density at radius 2 is 1.52 bits per heavy atom. The van der Waals surface area contributed by atoms with Gasteiger partial charge >= 0.3 is 17.8 Å². The fourth-order valence-corrected chi connectivity index (χ4v) is 3.61. The van der Waals surface area contributed by atoms with Crippen molar-refractivity contribution in [3.8, 4) is 5.75 Å². The first-order chi connectivity index (χ1) is 19.3. The van der Waals surface area contributed by atoms with Crippen molar-refractivity contribution >= 4 is 52.9 Å². The van der Waals surface area contributed by atoms with Crippen molar-refractivity contribution in [2.75, 3.05) is 10.6 Å². The molecule has 0 radical (unpaired) electrons. The van der Waals surface area contributed by atoms with Gasteiger partial charge in [-0.15, -0.1) is 0 Å². The number of benzene rings is 4. The van der Waals surface area contributed by atoms with E-state index in [1.807, 2.05) is 19.1 Å². The highest BCUT2D eigenvalue weighted by Gasteiger charge is 2.18. The average molecular weight is 555 g/mol. The van der Waals surface area contributed by atoms with Gasteiger partial charge in [0.15, 0.2) is 0 Å². The maximum atomic E-state index is 12.7. The van der Waals surface area contributed by atoms with Crippen LogP contribution in [0.25, 0.3) is 0 Å². The first-order valence-electron chi connectivity index (χ1n) is 12.0. The molecule has 0 unspecified atom stereocenters. The minimum absolute atomic E-state index is 0.166. The van der Waals surface area contributed by atoms with Crippen molar-refractivity contribution in [1.82, 2.24) is 5.43 Å². The van der Waals surface area contributed by atoms with Crippen molar-refractivity contribution < 1.29 is 23.9 Å². The monoisotopic (exact) mass is 554 g/mol. The molecular weight excluding hydrogens is 532 g/mol. The maximum absolute atomic E-state index is 12.7. The van der Waals surface area contributed by atoms with Crippen LogP contribution in [-0.4, -0.2) is 29.9 Å². The second-order valence-corrected chi connectivity index (χ2v) is 8.92. The van der Waals surface area contributed by atoms with E-state index in [1.165, 1.54) is 24.4 Å². The molecule has 4 rings (SSSR count). The topological polar surface area (TPSA) is 126 Å². The summed E-state index contributed by atoms with van der Waals surface area (Å²) in [5.41, 5.74) is 5.01. The van der Waals surface area contributed by atoms with Gasteiger partial charge in [0.1, 0.15) is 5.75 Å². The van der Waals surface area contributed by atoms with Crippen LogP contribution < -0.4 is 20.8 Å². The van der Waals surface area contributed by atoms with Crippen LogP contribution in [0.3, 0.4) is 0 Å². The quantitative estimate of drug-likeness (QED) is 0.0950. The van der Waals surface area contributed by atoms with Crippen molar-refractivity contribution in [2.24, 2.45) is 5.10 Å². The van der Waals surface area contributed by atoms with Crippen LogP contribution in [0.1, 0.15) is 31.8 Å². The van der Waals surface area contributed by atoms with Gasteiger partial charge in [-0.2, -0.15) is 5.10 Å². The Morgan fingerprint density at radius 3 is 2.25 bits per heavy atom. The lowest BCUT2D eigenvalue weighted by Crippen LogP contribution is -2.33. The van der Waals surface area contributed by atoms with Crippen molar-refractivity contribution in [2.45, 2.75) is 6.92 Å². The summed E-state index contributed by atoms with van der Waals surface area (Å²) in [5.74, 6) is -2.74. The summed E-state index contributed by atoms with van der Waals surface area (Å²) in [6.07, 6.45) is 1.32. The summed E-state index contributed by atoms with van der Waals surface area (Å²) in [4.78, 5) is 49.7. The van der Waals surface area contributed by atoms with Crippen molar-refractivity contribution in [3.63, 3.8) is 0 Å². The number of amides is 3. The number of nitrogens with one attached hydrogen (secondary N) is 3. The minimum Gasteiger partial charge on any atom is -0.423 e. The number of carbonyl (C=O) groups is 4. The molecule has 40 heavy (non-hydrogen) atoms. The first kappa shape index (κ1) is 27.7. The van der Waals surface area contributed by atoms with E-state index in [0.29, 0.717) is 27.6 Å². The third kappa shape index (κ3) is 7.62. The first-order valence-corrected chi connectivity index (χ1v) is 12.4. The molecule has 4 aromatic carbocycles. The summed E-state index contributed by atoms with van der Waals surface area (Å²) in [5, 5.41) is 9.40. The Kier molecular flexibility index (Phi) is 9.01. The van der Waals surface area contributed by atoms with Crippen LogP contribution in [0.5, 0.6) is 5.75 Å². The molecule has 0 atom stereocenters. The van der Waals surface area contributed by atoms with Gasteiger partial charge in [0, 0.05) is 10.7 Å². The molecule has 3 N–H and O–H groups in total. The summed E-state index contributed by atoms with van der Waals surface area (Å²) in [7, 11) is 0. The van der Waals surface area contributed by atoms with E-state index in [0.717, 1.165) is 5.56 Å². The Balaban J connectivity index is 1.30. The van der Waals surface area contributed by atoms with Crippen molar-refractivity contribution in [3.05, 3.63) is 124 Å². The number of esters is 1. The summed E-state index contributed by atoms with van der Waals surface area (Å²) < 4.78 is 5.31. The molecule has 9 nitrogen and oxygen atoms in total. The Labute approximate surface area is 234 Å². The molecule has 4 aromatic rings. The fraction of sp³-hybridized carbons (Fsp3) is 0.0333. The van der Waals surface area contributed by atoms with E-state index < -0.39 is 23.7 Å². The smallest absolute Gasteiger partial charge is 0.343 e. The Hall–Kier alpha value is -5.28. The van der Waals surface area contributed by atoms with Gasteiger partial charge in [-0.05, 0) is 79.2 Å². The van der Waals surface area contributed by atoms with Gasteiger partial charge in [-0.3, -0.25) is 14.4 Å². The molecule has 200 valence electrons. The van der Waals surface area contributed by atoms with Crippen LogP contribution in [0, 0.1) is 6.92 Å². The zero-order valence-electron chi connectivity index (χ0n) is 21.2. The van der Waals surface area contributed by atoms with Gasteiger partial charge in [0.05, 0.1) is 23.0 Å². The van der Waals surface area contributed by atoms with Crippen LogP contribution >= 0.6 is 11.6 Å². The minimum atomic E-state index is -1.03. The predicted molar refractivity (Wildman–Crippen MR) is 153 cm³/mol. The van der Waals surface area contributed by atoms with E-state index in [9.17, 15) is 19.2 Å². The molecule has 0 bridgehead atoms. The van der Waals surface area contributed by atoms with Crippen LogP contribution in [0.2, 0.25) is 5.02 Å². The standard InChI is InChI=1S/C30H23ClN4O5/c1-19-9-13-23(14-10-19)33-27(36)25-7-2-3-8-26(25)34-28(37)29(38)35-32-18-20-11-15-24(16-12-20)40-30(39)21-5-4-6-22(31)17-21/h2-18H,1H3,(H,33,36)(H,34,37)(H,35,38)/b32-18-. The van der Waals surface area contributed by atoms with Gasteiger partial charge in [-0.1, -0.05) is 47.5 Å². The number of hydrazone groups is 1. The van der Waals surface area contributed by atoms with E-state index >= 15 is 0 Å². The molecule has 0 fully saturated rings. The molecule has 10 heteroatoms. The average Bonchev–Trinajstić information content (AvgIpc) is 2.95. The van der Waals surface area contributed by atoms with Gasteiger partial charge in [-0.25, -0.2) is 10.2 Å². The second kappa shape index (κ2) is 13.0. The molecule has 0 spiro atoms. The number of hydrogen-bond acceptors (Lipinski definition) is 6. The Morgan fingerprint density at radius 1 is 0.800 bits per heavy atom. The molecule has 0 saturated heterocycles. The fourth-order valence-electron chi connectivity index (χ4n) is 3.42. The van der Waals surface area contributed by atoms with E-state index in [-0.39, 0.29) is 11.3 Å². The second-order valence-electron chi connectivity index (χ2n) is 8.49. The molecule has 0 aliphatic carbocycles. The van der Waals surface area contributed by atoms with Crippen molar-refractivity contribution in [1.29, 1.82) is 0 Å². The number of aryl methyl sites for hydroxylation is 1. The lowest BCUT2D eigenvalue weighted by atomic mass is 10.1. The highest BCUT2D eigenvalue weighted by molar-refractivity contribution is 6.40. The van der Waals surface area contributed by atoms with Gasteiger partial charge in [0.25, 0.3) is 5.91 Å². The van der Waals surface area contributed by atoms with E-state index in [2.05, 4.69) is 21.2 Å². The number of ether oxygens (including phenoxy) is 1. The normalized spacial score (nSPS) is 10.6. The summed E-state index contributed by atoms with van der Waals surface area (Å²) >= 11 is 5.90. The lowest BCUT2D eigenvalue weighted by molar-refractivity contribution is -0.136. The molecule has 0 aliphatic rings. The van der Waals surface area contributed by atoms with Crippen LogP contribution in [0.4, 0.5) is 11.4 Å². The van der Waals surface area contributed by atoms with Crippen LogP contribution in [-0.2, 0) is 9.59 Å². The summed E-state index contributed by atoms with van der Waals surface area (Å²) in [6.45, 7) is 1.94. The number of anilines is 2. The molecule has 0 heterocycles. The molecule has 0 aromatic heterocycles. The van der Waals surface area contributed by atoms with Crippen LogP contribution in [0.15, 0.2) is 102 Å². The number of hydrogen-bond donors (Lipinski definition) is 3. The number of para-hydroxylation sites is 1. The lowest BCUT2D eigenvalue weighted by Gasteiger charge is -2.11. The highest BCUT2D eigenvalue weighted by atomic mass is 35.5. The Bertz CT molecular complexity index is 1580. The molecular formula is C30H23ClN4O5. The van der Waals surface area contributed by atoms with Gasteiger partial charge < -0.3 is 15.4 Å². The summed E-state index contributed by atoms with van der Waals surface area (Å²) in [6, 6.07) is 26.3. The van der Waals surface area contributed by atoms with Gasteiger partial charge in [0.2, 0.25) is 0 Å². The number of carbonyl (C=O) groups excluding carboxylic acids is 4. The maximum Gasteiger partial charge on any atom is 0.343 e. The molecule has 0 aliphatic heterocycles. The van der Waals surface area contributed by atoms with E-state index in [4.69, 9.17) is 16.3 Å². The highest BCUT2D eigenvalue weighted by Crippen LogP contribution is 2.18. The predicted octanol–water partition coefficient (Wildman–Crippen LogP) is 5.21. The number of nitrogens with zero attached hydrogens (tertiary/aromatic N) is 1. The zero-order chi connectivity index (χ0) is 28.5.